The third-order valence-corrected chi connectivity index (χ3v) is 4.01. The second kappa shape index (κ2) is 4.07. The van der Waals surface area contributed by atoms with Gasteiger partial charge < -0.3 is 4.57 Å². The van der Waals surface area contributed by atoms with E-state index in [1.807, 2.05) is 34.8 Å². The van der Waals surface area contributed by atoms with E-state index in [-0.39, 0.29) is 0 Å². The van der Waals surface area contributed by atoms with E-state index < -0.39 is 0 Å². The zero-order valence-electron chi connectivity index (χ0n) is 6.94. The molecule has 0 saturated heterocycles. The van der Waals surface area contributed by atoms with Gasteiger partial charge in [0.05, 0.1) is 0 Å². The number of nitrogens with zero attached hydrogens (tertiary/aromatic N) is 2. The first-order valence-corrected chi connectivity index (χ1v) is 5.72. The van der Waals surface area contributed by atoms with Crippen molar-refractivity contribution in [2.24, 2.45) is 7.05 Å². The molecule has 0 bridgehead atoms. The van der Waals surface area contributed by atoms with E-state index in [2.05, 4.69) is 18.8 Å². The normalized spacial score (nSPS) is 10.9. The van der Waals surface area contributed by atoms with Crippen LogP contribution in [0.15, 0.2) is 17.6 Å². The van der Waals surface area contributed by atoms with Crippen molar-refractivity contribution < 1.29 is 0 Å². The Morgan fingerprint density at radius 2 is 2.27 bits per heavy atom. The minimum atomic E-state index is 0.650. The van der Waals surface area contributed by atoms with Gasteiger partial charge in [-0.15, -0.1) is 0 Å². The topological polar surface area (TPSA) is 17.8 Å². The van der Waals surface area contributed by atoms with Crippen LogP contribution in [0.1, 0.15) is 13.8 Å². The van der Waals surface area contributed by atoms with E-state index in [0.717, 1.165) is 5.16 Å². The van der Waals surface area contributed by atoms with Gasteiger partial charge in [0.1, 0.15) is 0 Å². The van der Waals surface area contributed by atoms with Crippen LogP contribution in [0.2, 0.25) is 0 Å². The fraction of sp³-hybridized carbons (Fsp3) is 0.571. The Labute approximate surface area is 75.2 Å². The van der Waals surface area contributed by atoms with Gasteiger partial charge in [-0.05, 0) is 10.8 Å². The molecule has 1 heterocycles. The molecule has 1 aromatic rings. The zero-order valence-corrected chi connectivity index (χ0v) is 8.58. The first-order chi connectivity index (χ1) is 5.20. The van der Waals surface area contributed by atoms with Crippen molar-refractivity contribution in [1.82, 2.24) is 9.55 Å². The predicted octanol–water partition coefficient (Wildman–Crippen LogP) is 2.57. The highest BCUT2D eigenvalue weighted by atomic mass is 33.1. The second-order valence-electron chi connectivity index (χ2n) is 2.55. The van der Waals surface area contributed by atoms with Gasteiger partial charge in [0.15, 0.2) is 5.16 Å². The van der Waals surface area contributed by atoms with Crippen molar-refractivity contribution in [3.05, 3.63) is 12.4 Å². The molecule has 62 valence electrons. The quantitative estimate of drug-likeness (QED) is 0.679. The van der Waals surface area contributed by atoms with E-state index in [1.54, 1.807) is 10.8 Å². The van der Waals surface area contributed by atoms with Gasteiger partial charge in [-0.25, -0.2) is 4.98 Å². The highest BCUT2D eigenvalue weighted by Crippen LogP contribution is 2.32. The average molecular weight is 188 g/mol. The van der Waals surface area contributed by atoms with E-state index in [4.69, 9.17) is 0 Å². The predicted molar refractivity (Wildman–Crippen MR) is 51.8 cm³/mol. The molecule has 0 amide bonds. The van der Waals surface area contributed by atoms with Gasteiger partial charge in [-0.3, -0.25) is 0 Å². The third kappa shape index (κ3) is 2.79. The highest BCUT2D eigenvalue weighted by molar-refractivity contribution is 8.76. The molecule has 0 N–H and O–H groups in total. The summed E-state index contributed by atoms with van der Waals surface area (Å²) in [6.45, 7) is 4.36. The number of aryl methyl sites for hydroxylation is 1. The number of hydrogen-bond acceptors (Lipinski definition) is 3. The summed E-state index contributed by atoms with van der Waals surface area (Å²) in [7, 11) is 5.58. The van der Waals surface area contributed by atoms with Crippen LogP contribution < -0.4 is 0 Å². The Balaban J connectivity index is 2.44. The Morgan fingerprint density at radius 3 is 2.73 bits per heavy atom. The Morgan fingerprint density at radius 1 is 1.55 bits per heavy atom. The van der Waals surface area contributed by atoms with Gasteiger partial charge in [0.2, 0.25) is 0 Å². The maximum absolute atomic E-state index is 4.19. The lowest BCUT2D eigenvalue weighted by Crippen LogP contribution is -1.88. The first kappa shape index (κ1) is 9.00. The molecule has 11 heavy (non-hydrogen) atoms. The van der Waals surface area contributed by atoms with E-state index in [1.165, 1.54) is 0 Å². The molecule has 1 rings (SSSR count). The van der Waals surface area contributed by atoms with Crippen molar-refractivity contribution in [3.8, 4) is 0 Å². The van der Waals surface area contributed by atoms with Crippen LogP contribution in [0.4, 0.5) is 0 Å². The molecule has 0 unspecified atom stereocenters. The number of rotatable bonds is 3. The van der Waals surface area contributed by atoms with Crippen LogP contribution in [-0.2, 0) is 7.05 Å². The molecular formula is C7H12N2S2. The van der Waals surface area contributed by atoms with Crippen molar-refractivity contribution in [3.63, 3.8) is 0 Å². The number of hydrogen-bond donors (Lipinski definition) is 0. The van der Waals surface area contributed by atoms with Crippen LogP contribution in [0.25, 0.3) is 0 Å². The molecule has 2 nitrogen and oxygen atoms in total. The van der Waals surface area contributed by atoms with Crippen LogP contribution in [0.5, 0.6) is 0 Å². The Kier molecular flexibility index (Phi) is 3.33. The molecule has 4 heteroatoms. The zero-order chi connectivity index (χ0) is 8.27. The molecular weight excluding hydrogens is 176 g/mol. The van der Waals surface area contributed by atoms with Crippen LogP contribution in [0.3, 0.4) is 0 Å². The van der Waals surface area contributed by atoms with Crippen molar-refractivity contribution in [1.29, 1.82) is 0 Å². The van der Waals surface area contributed by atoms with Gasteiger partial charge in [0.25, 0.3) is 0 Å². The summed E-state index contributed by atoms with van der Waals surface area (Å²) in [6, 6.07) is 0. The fourth-order valence-electron chi connectivity index (χ4n) is 0.571. The summed E-state index contributed by atoms with van der Waals surface area (Å²) >= 11 is 0. The molecule has 0 spiro atoms. The van der Waals surface area contributed by atoms with Gasteiger partial charge in [-0.1, -0.05) is 24.6 Å². The molecule has 0 aliphatic heterocycles. The summed E-state index contributed by atoms with van der Waals surface area (Å²) in [5.74, 6) is 0. The maximum Gasteiger partial charge on any atom is 0.178 e. The van der Waals surface area contributed by atoms with Crippen LogP contribution >= 0.6 is 21.6 Å². The van der Waals surface area contributed by atoms with Crippen LogP contribution in [-0.4, -0.2) is 14.8 Å². The van der Waals surface area contributed by atoms with E-state index in [9.17, 15) is 0 Å². The van der Waals surface area contributed by atoms with Crippen LogP contribution in [0, 0.1) is 0 Å². The van der Waals surface area contributed by atoms with Gasteiger partial charge in [-0.2, -0.15) is 0 Å². The monoisotopic (exact) mass is 188 g/mol. The molecule has 0 saturated carbocycles. The van der Waals surface area contributed by atoms with Crippen molar-refractivity contribution >= 4 is 21.6 Å². The summed E-state index contributed by atoms with van der Waals surface area (Å²) in [5, 5.41) is 1.72. The smallest absolute Gasteiger partial charge is 0.178 e. The molecule has 1 aromatic heterocycles. The van der Waals surface area contributed by atoms with Crippen molar-refractivity contribution in [2.45, 2.75) is 24.3 Å². The van der Waals surface area contributed by atoms with E-state index in [0.29, 0.717) is 5.25 Å². The first-order valence-electron chi connectivity index (χ1n) is 3.51. The fourth-order valence-corrected chi connectivity index (χ4v) is 2.45. The van der Waals surface area contributed by atoms with Gasteiger partial charge in [0, 0.05) is 24.7 Å². The lowest BCUT2D eigenvalue weighted by molar-refractivity contribution is 0.793. The number of aromatic nitrogens is 2. The van der Waals surface area contributed by atoms with Gasteiger partial charge >= 0.3 is 0 Å². The lowest BCUT2D eigenvalue weighted by Gasteiger charge is -2.02. The highest BCUT2D eigenvalue weighted by Gasteiger charge is 2.01. The standard InChI is InChI=1S/C7H12N2S2/c1-6(2)10-11-7-8-4-5-9(7)3/h4-6H,1-3H3. The molecule has 0 aromatic carbocycles. The third-order valence-electron chi connectivity index (χ3n) is 1.09. The molecule has 0 atom stereocenters. The molecule has 0 radical (unpaired) electrons. The molecule has 0 aliphatic rings. The summed E-state index contributed by atoms with van der Waals surface area (Å²) in [6.07, 6.45) is 3.78. The average Bonchev–Trinajstić information content (AvgIpc) is 2.31. The summed E-state index contributed by atoms with van der Waals surface area (Å²) in [5.41, 5.74) is 0. The Hall–Kier alpha value is -0.0900. The Bertz CT molecular complexity index is 220. The SMILES string of the molecule is CC(C)SSc1nccn1C. The minimum absolute atomic E-state index is 0.650. The molecule has 0 fully saturated rings. The second-order valence-corrected chi connectivity index (χ2v) is 5.29. The molecule has 0 aliphatic carbocycles. The lowest BCUT2D eigenvalue weighted by atomic mass is 10.6. The minimum Gasteiger partial charge on any atom is -0.328 e. The number of imidazole rings is 1. The summed E-state index contributed by atoms with van der Waals surface area (Å²) in [4.78, 5) is 4.19. The van der Waals surface area contributed by atoms with Crippen molar-refractivity contribution in [2.75, 3.05) is 0 Å². The van der Waals surface area contributed by atoms with E-state index >= 15 is 0 Å². The largest absolute Gasteiger partial charge is 0.328 e. The maximum atomic E-state index is 4.19. The summed E-state index contributed by atoms with van der Waals surface area (Å²) < 4.78 is 2.03.